The quantitative estimate of drug-likeness (QED) is 0.0222. The number of carbonyl (C=O) groups is 4. The number of ether oxygens (including phenoxy) is 4. The zero-order chi connectivity index (χ0) is 67.2. The largest absolute Gasteiger partial charge is 0.472 e. The van der Waals surface area contributed by atoms with Gasteiger partial charge >= 0.3 is 39.5 Å². The molecule has 0 spiro atoms. The number of carbonyl (C=O) groups excluding carboxylic acids is 4. The van der Waals surface area contributed by atoms with E-state index in [1.807, 2.05) is 0 Å². The summed E-state index contributed by atoms with van der Waals surface area (Å²) in [7, 11) is -9.89. The molecule has 0 saturated carbocycles. The Kier molecular flexibility index (Phi) is 62.7. The highest BCUT2D eigenvalue weighted by Gasteiger charge is 2.30. The van der Waals surface area contributed by atoms with E-state index in [2.05, 4.69) is 41.5 Å². The number of aliphatic hydroxyl groups excluding tert-OH is 1. The van der Waals surface area contributed by atoms with Crippen molar-refractivity contribution in [3.8, 4) is 0 Å². The van der Waals surface area contributed by atoms with Crippen molar-refractivity contribution in [3.63, 3.8) is 0 Å². The van der Waals surface area contributed by atoms with Crippen LogP contribution in [0.15, 0.2) is 0 Å². The van der Waals surface area contributed by atoms with E-state index in [4.69, 9.17) is 37.0 Å². The van der Waals surface area contributed by atoms with E-state index in [9.17, 15) is 43.2 Å². The number of rotatable bonds is 71. The maximum atomic E-state index is 13.0. The van der Waals surface area contributed by atoms with Gasteiger partial charge in [-0.15, -0.1) is 0 Å². The first kappa shape index (κ1) is 89.1. The number of phosphoric ester groups is 2. The molecular formula is C72H140O17P2. The maximum absolute atomic E-state index is 13.0. The molecule has 0 saturated heterocycles. The molecule has 540 valence electrons. The fourth-order valence-electron chi connectivity index (χ4n) is 10.9. The molecule has 0 aliphatic rings. The lowest BCUT2D eigenvalue weighted by molar-refractivity contribution is -0.161. The Bertz CT molecular complexity index is 1770. The first-order valence-electron chi connectivity index (χ1n) is 37.5. The monoisotopic (exact) mass is 1340 g/mol. The molecule has 3 N–H and O–H groups in total. The molecule has 0 bridgehead atoms. The first-order valence-corrected chi connectivity index (χ1v) is 40.5. The number of hydrogen-bond donors (Lipinski definition) is 3. The van der Waals surface area contributed by atoms with Crippen molar-refractivity contribution in [2.75, 3.05) is 39.6 Å². The Morgan fingerprint density at radius 1 is 0.297 bits per heavy atom. The molecule has 0 aromatic carbocycles. The summed E-state index contributed by atoms with van der Waals surface area (Å²) in [5.41, 5.74) is 0. The standard InChI is InChI=1S/C72H140O17P2/c1-7-9-11-13-14-15-16-17-18-22-27-32-37-43-49-55-70(75)83-61-68(89-72(77)56-50-44-38-33-28-23-20-19-21-25-30-35-41-46-52-64(3)4)63-87-91(80,81)85-59-66(73)58-84-90(78,79)86-62-67(60-82-69(74)54-48-40-12-10-8-2)88-71(76)57-51-45-39-34-29-24-26-31-36-42-47-53-65(5)6/h64-68,73H,7-63H2,1-6H3,(H,78,79)(H,80,81)/t66-,67+,68+/m0/s1. The molecular weight excluding hydrogens is 1200 g/mol. The van der Waals surface area contributed by atoms with Crippen LogP contribution >= 0.6 is 15.6 Å². The van der Waals surface area contributed by atoms with Gasteiger partial charge in [-0.3, -0.25) is 37.3 Å². The van der Waals surface area contributed by atoms with Gasteiger partial charge in [0.25, 0.3) is 0 Å². The summed E-state index contributed by atoms with van der Waals surface area (Å²) in [5.74, 6) is -0.570. The number of unbranched alkanes of at least 4 members (excludes halogenated alkanes) is 41. The third kappa shape index (κ3) is 66.5. The fourth-order valence-corrected chi connectivity index (χ4v) is 12.5. The second kappa shape index (κ2) is 64.1. The molecule has 17 nitrogen and oxygen atoms in total. The molecule has 0 fully saturated rings. The summed E-state index contributed by atoms with van der Waals surface area (Å²) >= 11 is 0. The Morgan fingerprint density at radius 2 is 0.505 bits per heavy atom. The predicted molar refractivity (Wildman–Crippen MR) is 368 cm³/mol. The summed E-state index contributed by atoms with van der Waals surface area (Å²) in [6, 6.07) is 0. The van der Waals surface area contributed by atoms with Crippen LogP contribution in [0.4, 0.5) is 0 Å². The summed E-state index contributed by atoms with van der Waals surface area (Å²) < 4.78 is 68.2. The molecule has 91 heavy (non-hydrogen) atoms. The van der Waals surface area contributed by atoms with Crippen molar-refractivity contribution < 1.29 is 80.2 Å². The number of esters is 4. The number of hydrogen-bond acceptors (Lipinski definition) is 15. The van der Waals surface area contributed by atoms with Gasteiger partial charge in [0.05, 0.1) is 26.4 Å². The van der Waals surface area contributed by atoms with Gasteiger partial charge in [-0.25, -0.2) is 9.13 Å². The minimum Gasteiger partial charge on any atom is -0.462 e. The van der Waals surface area contributed by atoms with Gasteiger partial charge in [0.2, 0.25) is 0 Å². The smallest absolute Gasteiger partial charge is 0.462 e. The number of phosphoric acid groups is 2. The summed E-state index contributed by atoms with van der Waals surface area (Å²) in [6.45, 7) is 9.50. The van der Waals surface area contributed by atoms with Crippen LogP contribution in [0.25, 0.3) is 0 Å². The Morgan fingerprint density at radius 3 is 0.747 bits per heavy atom. The van der Waals surface area contributed by atoms with Crippen LogP contribution in [0, 0.1) is 11.8 Å². The van der Waals surface area contributed by atoms with Crippen LogP contribution in [0.1, 0.15) is 369 Å². The molecule has 0 heterocycles. The van der Waals surface area contributed by atoms with Gasteiger partial charge < -0.3 is 33.8 Å². The highest BCUT2D eigenvalue weighted by Crippen LogP contribution is 2.45. The molecule has 0 rings (SSSR count). The molecule has 0 amide bonds. The zero-order valence-electron chi connectivity index (χ0n) is 59.1. The lowest BCUT2D eigenvalue weighted by Gasteiger charge is -2.21. The molecule has 2 unspecified atom stereocenters. The molecule has 0 aliphatic heterocycles. The Balaban J connectivity index is 5.16. The molecule has 5 atom stereocenters. The van der Waals surface area contributed by atoms with E-state index in [-0.39, 0.29) is 25.7 Å². The molecule has 0 aromatic rings. The molecule has 0 radical (unpaired) electrons. The second-order valence-corrected chi connectivity index (χ2v) is 29.8. The van der Waals surface area contributed by atoms with E-state index >= 15 is 0 Å². The van der Waals surface area contributed by atoms with Crippen LogP contribution in [-0.4, -0.2) is 96.7 Å². The van der Waals surface area contributed by atoms with Crippen LogP contribution in [0.2, 0.25) is 0 Å². The summed E-state index contributed by atoms with van der Waals surface area (Å²) in [4.78, 5) is 72.4. The van der Waals surface area contributed by atoms with Crippen molar-refractivity contribution in [3.05, 3.63) is 0 Å². The van der Waals surface area contributed by atoms with Crippen molar-refractivity contribution in [1.29, 1.82) is 0 Å². The van der Waals surface area contributed by atoms with Crippen LogP contribution in [0.3, 0.4) is 0 Å². The van der Waals surface area contributed by atoms with Gasteiger partial charge in [-0.1, -0.05) is 318 Å². The van der Waals surface area contributed by atoms with Crippen molar-refractivity contribution in [2.24, 2.45) is 11.8 Å². The SMILES string of the molecule is CCCCCCCCCCCCCCCCCC(=O)OC[C@H](COP(=O)(O)OC[C@@H](O)COP(=O)(O)OC[C@@H](COC(=O)CCCCCCC)OC(=O)CCCCCCCCCCCCCC(C)C)OC(=O)CCCCCCCCCCCCCCCCC(C)C. The van der Waals surface area contributed by atoms with Gasteiger partial charge in [0, 0.05) is 25.7 Å². The molecule has 19 heteroatoms. The maximum Gasteiger partial charge on any atom is 0.472 e. The highest BCUT2D eigenvalue weighted by atomic mass is 31.2. The Hall–Kier alpha value is -1.94. The van der Waals surface area contributed by atoms with Crippen molar-refractivity contribution >= 4 is 39.5 Å². The van der Waals surface area contributed by atoms with E-state index in [0.717, 1.165) is 108 Å². The normalized spacial score (nSPS) is 14.1. The first-order chi connectivity index (χ1) is 43.9. The highest BCUT2D eigenvalue weighted by molar-refractivity contribution is 7.47. The minimum absolute atomic E-state index is 0.106. The average molecular weight is 1340 g/mol. The van der Waals surface area contributed by atoms with Gasteiger partial charge in [-0.2, -0.15) is 0 Å². The van der Waals surface area contributed by atoms with Crippen LogP contribution < -0.4 is 0 Å². The van der Waals surface area contributed by atoms with E-state index in [0.29, 0.717) is 25.7 Å². The summed E-state index contributed by atoms with van der Waals surface area (Å²) in [6.07, 6.45) is 50.3. The fraction of sp³-hybridized carbons (Fsp3) is 0.944. The van der Waals surface area contributed by atoms with Gasteiger partial charge in [0.15, 0.2) is 12.2 Å². The third-order valence-electron chi connectivity index (χ3n) is 16.7. The van der Waals surface area contributed by atoms with Gasteiger partial charge in [0.1, 0.15) is 19.3 Å². The average Bonchev–Trinajstić information content (AvgIpc) is 3.64. The Labute approximate surface area is 556 Å². The van der Waals surface area contributed by atoms with E-state index in [1.165, 1.54) is 180 Å². The summed E-state index contributed by atoms with van der Waals surface area (Å²) in [5, 5.41) is 10.6. The topological polar surface area (TPSA) is 237 Å². The lowest BCUT2D eigenvalue weighted by atomic mass is 10.0. The zero-order valence-corrected chi connectivity index (χ0v) is 60.9. The molecule has 0 aliphatic carbocycles. The van der Waals surface area contributed by atoms with E-state index < -0.39 is 97.5 Å². The minimum atomic E-state index is -4.95. The van der Waals surface area contributed by atoms with E-state index in [1.54, 1.807) is 0 Å². The number of aliphatic hydroxyl groups is 1. The second-order valence-electron chi connectivity index (χ2n) is 26.9. The third-order valence-corrected chi connectivity index (χ3v) is 18.6. The van der Waals surface area contributed by atoms with Crippen LogP contribution in [-0.2, 0) is 65.4 Å². The lowest BCUT2D eigenvalue weighted by Crippen LogP contribution is -2.30. The van der Waals surface area contributed by atoms with Crippen LogP contribution in [0.5, 0.6) is 0 Å². The van der Waals surface area contributed by atoms with Crippen molar-refractivity contribution in [2.45, 2.75) is 387 Å². The van der Waals surface area contributed by atoms with Crippen molar-refractivity contribution in [1.82, 2.24) is 0 Å². The van der Waals surface area contributed by atoms with Gasteiger partial charge in [-0.05, 0) is 37.5 Å². The predicted octanol–water partition coefficient (Wildman–Crippen LogP) is 20.8. The molecule has 0 aromatic heterocycles.